The van der Waals surface area contributed by atoms with Crippen molar-refractivity contribution in [3.05, 3.63) is 340 Å². The average molecular weight is 1110 g/mol. The van der Waals surface area contributed by atoms with Crippen LogP contribution in [0.15, 0.2) is 340 Å². The third-order valence-electron chi connectivity index (χ3n) is 16.2. The van der Waals surface area contributed by atoms with Gasteiger partial charge in [0.2, 0.25) is 0 Å². The molecule has 85 heavy (non-hydrogen) atoms. The maximum Gasteiger partial charge on any atom is 0.0540 e. The molecule has 14 aromatic carbocycles. The van der Waals surface area contributed by atoms with Crippen molar-refractivity contribution in [1.29, 1.82) is 0 Å². The average Bonchev–Trinajstić information content (AvgIpc) is 3.64. The molecule has 4 nitrogen and oxygen atoms in total. The highest BCUT2D eigenvalue weighted by molar-refractivity contribution is 7.18. The Bertz CT molecular complexity index is 4500. The summed E-state index contributed by atoms with van der Waals surface area (Å²) in [6, 6.07) is 123. The van der Waals surface area contributed by atoms with E-state index in [1.165, 1.54) is 64.0 Å². The predicted octanol–water partition coefficient (Wildman–Crippen LogP) is 23.6. The molecule has 0 amide bonds. The van der Waals surface area contributed by atoms with E-state index in [2.05, 4.69) is 359 Å². The van der Waals surface area contributed by atoms with Gasteiger partial charge in [-0.15, -0.1) is 11.3 Å². The molecule has 0 spiro atoms. The molecule has 1 aromatic heterocycles. The summed E-state index contributed by atoms with van der Waals surface area (Å²) in [5, 5.41) is 9.59. The molecule has 0 N–H and O–H groups in total. The van der Waals surface area contributed by atoms with E-state index in [1.54, 1.807) is 0 Å². The number of benzene rings is 14. The lowest BCUT2D eigenvalue weighted by atomic mass is 10.0. The molecule has 0 aliphatic carbocycles. The van der Waals surface area contributed by atoms with Gasteiger partial charge >= 0.3 is 0 Å². The Balaban J connectivity index is 0.745. The number of anilines is 12. The topological polar surface area (TPSA) is 13.0 Å². The van der Waals surface area contributed by atoms with Crippen LogP contribution in [0.3, 0.4) is 0 Å². The van der Waals surface area contributed by atoms with Gasteiger partial charge in [0.05, 0.1) is 22.7 Å². The molecule has 15 aromatic rings. The molecule has 0 aliphatic heterocycles. The van der Waals surface area contributed by atoms with Gasteiger partial charge in [-0.25, -0.2) is 0 Å². The van der Waals surface area contributed by atoms with E-state index in [4.69, 9.17) is 0 Å². The fourth-order valence-corrected chi connectivity index (χ4v) is 13.2. The lowest BCUT2D eigenvalue weighted by Crippen LogP contribution is -2.12. The number of para-hydroxylation sites is 2. The summed E-state index contributed by atoms with van der Waals surface area (Å²) in [4.78, 5) is 11.9. The van der Waals surface area contributed by atoms with Crippen LogP contribution < -0.4 is 19.6 Å². The largest absolute Gasteiger partial charge is 0.310 e. The van der Waals surface area contributed by atoms with Gasteiger partial charge in [0.15, 0.2) is 0 Å². The quantitative estimate of drug-likeness (QED) is 0.108. The van der Waals surface area contributed by atoms with Crippen LogP contribution in [0.25, 0.3) is 64.0 Å². The number of nitrogens with zero attached hydrogens (tertiary/aromatic N) is 4. The van der Waals surface area contributed by atoms with Crippen molar-refractivity contribution in [3.8, 4) is 20.9 Å². The molecule has 5 heteroatoms. The molecule has 0 unspecified atom stereocenters. The van der Waals surface area contributed by atoms with Crippen LogP contribution in [-0.4, -0.2) is 0 Å². The number of thiophene rings is 1. The highest BCUT2D eigenvalue weighted by Gasteiger charge is 2.22. The van der Waals surface area contributed by atoms with Gasteiger partial charge in [-0.05, 0) is 166 Å². The Hall–Kier alpha value is -11.0. The third kappa shape index (κ3) is 9.78. The summed E-state index contributed by atoms with van der Waals surface area (Å²) in [6.07, 6.45) is 0. The summed E-state index contributed by atoms with van der Waals surface area (Å²) in [6.45, 7) is 0. The summed E-state index contributed by atoms with van der Waals surface area (Å²) in [5.41, 5.74) is 15.6. The Morgan fingerprint density at radius 2 is 0.376 bits per heavy atom. The summed E-state index contributed by atoms with van der Waals surface area (Å²) in [7, 11) is 0. The van der Waals surface area contributed by atoms with Gasteiger partial charge in [0, 0.05) is 76.8 Å². The zero-order valence-corrected chi connectivity index (χ0v) is 47.3. The molecule has 0 bridgehead atoms. The summed E-state index contributed by atoms with van der Waals surface area (Å²) in [5.74, 6) is 0. The standard InChI is InChI=1S/C80H56N4S/c1-3-27-63(28-4-1)81(75-35-15-23-57-19-7-11-31-71(57)75)67-47-51-69(52-48-67)83(77-37-17-25-59-21-9-13-33-73(59)77)65-43-39-61(40-44-65)79-55-56-80(85-79)62-41-45-66(46-42-62)84(78-38-18-26-60-22-10-14-34-74(60)78)70-53-49-68(50-54-70)82(64-29-5-2-6-30-64)76-36-16-24-58-20-8-12-32-72(58)76/h1-56H. The lowest BCUT2D eigenvalue weighted by molar-refractivity contribution is 1.27. The van der Waals surface area contributed by atoms with E-state index < -0.39 is 0 Å². The molecule has 0 fully saturated rings. The second-order valence-electron chi connectivity index (χ2n) is 21.3. The van der Waals surface area contributed by atoms with Crippen molar-refractivity contribution in [2.24, 2.45) is 0 Å². The van der Waals surface area contributed by atoms with E-state index in [1.807, 2.05) is 11.3 Å². The highest BCUT2D eigenvalue weighted by Crippen LogP contribution is 2.47. The number of rotatable bonds is 14. The van der Waals surface area contributed by atoms with E-state index in [-0.39, 0.29) is 0 Å². The summed E-state index contributed by atoms with van der Waals surface area (Å²) >= 11 is 1.82. The molecule has 0 saturated heterocycles. The number of fused-ring (bicyclic) bond motifs is 4. The first kappa shape index (κ1) is 50.9. The van der Waals surface area contributed by atoms with Crippen LogP contribution in [0.5, 0.6) is 0 Å². The molecule has 15 rings (SSSR count). The van der Waals surface area contributed by atoms with Crippen molar-refractivity contribution >= 4 is 123 Å². The lowest BCUT2D eigenvalue weighted by Gasteiger charge is -2.29. The monoisotopic (exact) mass is 1100 g/mol. The van der Waals surface area contributed by atoms with Crippen LogP contribution in [0.1, 0.15) is 0 Å². The minimum atomic E-state index is 1.07. The Morgan fingerprint density at radius 1 is 0.165 bits per heavy atom. The second kappa shape index (κ2) is 22.4. The minimum absolute atomic E-state index is 1.07. The first-order valence-corrected chi connectivity index (χ1v) is 29.7. The van der Waals surface area contributed by atoms with Crippen LogP contribution in [-0.2, 0) is 0 Å². The maximum atomic E-state index is 2.39. The Labute approximate surface area is 499 Å². The molecular formula is C80H56N4S. The first-order chi connectivity index (χ1) is 42.2. The first-order valence-electron chi connectivity index (χ1n) is 28.9. The molecule has 0 radical (unpaired) electrons. The van der Waals surface area contributed by atoms with Gasteiger partial charge in [-0.2, -0.15) is 0 Å². The zero-order chi connectivity index (χ0) is 56.5. The van der Waals surface area contributed by atoms with Crippen molar-refractivity contribution in [3.63, 3.8) is 0 Å². The Kier molecular flexibility index (Phi) is 13.4. The van der Waals surface area contributed by atoms with Gasteiger partial charge in [0.1, 0.15) is 0 Å². The van der Waals surface area contributed by atoms with Gasteiger partial charge in [0.25, 0.3) is 0 Å². The molecular weight excluding hydrogens is 1050 g/mol. The third-order valence-corrected chi connectivity index (χ3v) is 17.4. The van der Waals surface area contributed by atoms with Crippen molar-refractivity contribution in [1.82, 2.24) is 0 Å². The van der Waals surface area contributed by atoms with Crippen LogP contribution in [0, 0.1) is 0 Å². The highest BCUT2D eigenvalue weighted by atomic mass is 32.1. The molecule has 0 aliphatic rings. The zero-order valence-electron chi connectivity index (χ0n) is 46.5. The minimum Gasteiger partial charge on any atom is -0.310 e. The van der Waals surface area contributed by atoms with E-state index in [9.17, 15) is 0 Å². The number of hydrogen-bond donors (Lipinski definition) is 0. The predicted molar refractivity (Wildman–Crippen MR) is 364 cm³/mol. The smallest absolute Gasteiger partial charge is 0.0540 e. The molecule has 1 heterocycles. The van der Waals surface area contributed by atoms with Crippen LogP contribution in [0.2, 0.25) is 0 Å². The molecule has 0 saturated carbocycles. The fourth-order valence-electron chi connectivity index (χ4n) is 12.2. The van der Waals surface area contributed by atoms with Gasteiger partial charge in [-0.1, -0.05) is 206 Å². The Morgan fingerprint density at radius 3 is 0.647 bits per heavy atom. The van der Waals surface area contributed by atoms with Gasteiger partial charge in [-0.3, -0.25) is 0 Å². The fraction of sp³-hybridized carbons (Fsp3) is 0. The van der Waals surface area contributed by atoms with Crippen molar-refractivity contribution in [2.45, 2.75) is 0 Å². The number of hydrogen-bond acceptors (Lipinski definition) is 5. The van der Waals surface area contributed by atoms with Crippen LogP contribution in [0.4, 0.5) is 68.2 Å². The summed E-state index contributed by atoms with van der Waals surface area (Å²) < 4.78 is 0. The van der Waals surface area contributed by atoms with E-state index >= 15 is 0 Å². The molecule has 402 valence electrons. The normalized spacial score (nSPS) is 11.3. The SMILES string of the molecule is c1ccc(N(c2ccc(N(c3ccc(-c4ccc(-c5ccc(N(c6ccc(N(c7ccccc7)c7cccc8ccccc78)cc6)c6cccc7ccccc67)cc5)s4)cc3)c3cccc4ccccc34)cc2)c2cccc3ccccc23)cc1. The van der Waals surface area contributed by atoms with Crippen LogP contribution >= 0.6 is 11.3 Å². The van der Waals surface area contributed by atoms with Crippen molar-refractivity contribution in [2.75, 3.05) is 19.6 Å². The second-order valence-corrected chi connectivity index (χ2v) is 22.4. The van der Waals surface area contributed by atoms with E-state index in [0.29, 0.717) is 0 Å². The van der Waals surface area contributed by atoms with E-state index in [0.717, 1.165) is 68.2 Å². The molecule has 0 atom stereocenters. The van der Waals surface area contributed by atoms with Crippen molar-refractivity contribution < 1.29 is 0 Å². The van der Waals surface area contributed by atoms with Gasteiger partial charge < -0.3 is 19.6 Å². The maximum absolute atomic E-state index is 2.39.